The fourth-order valence-corrected chi connectivity index (χ4v) is 3.54. The number of pyridine rings is 2. The Morgan fingerprint density at radius 3 is 2.06 bits per heavy atom. The summed E-state index contributed by atoms with van der Waals surface area (Å²) in [4.78, 5) is 40.1. The Kier molecular flexibility index (Phi) is 5.64. The van der Waals surface area contributed by atoms with Crippen molar-refractivity contribution in [2.45, 2.75) is 6.92 Å². The predicted molar refractivity (Wildman–Crippen MR) is 124 cm³/mol. The second-order valence-electron chi connectivity index (χ2n) is 7.13. The number of imide groups is 1. The van der Waals surface area contributed by atoms with Crippen LogP contribution in [0.4, 0.5) is 5.82 Å². The van der Waals surface area contributed by atoms with E-state index in [0.29, 0.717) is 22.0 Å². The molecule has 0 bridgehead atoms. The average molecular weight is 519 g/mol. The van der Waals surface area contributed by atoms with Crippen molar-refractivity contribution in [2.24, 2.45) is 0 Å². The van der Waals surface area contributed by atoms with E-state index in [0.717, 1.165) is 16.0 Å². The van der Waals surface area contributed by atoms with Crippen molar-refractivity contribution >= 4 is 33.6 Å². The number of carbonyl (C=O) groups is 2. The van der Waals surface area contributed by atoms with Gasteiger partial charge in [-0.25, -0.2) is 14.9 Å². The fraction of sp³-hybridized carbons (Fsp3) is 0.0417. The zero-order valence-corrected chi connectivity index (χ0v) is 19.2. The number of halogens is 1. The van der Waals surface area contributed by atoms with Gasteiger partial charge in [0.1, 0.15) is 23.5 Å². The summed E-state index contributed by atoms with van der Waals surface area (Å²) in [6, 6.07) is 13.1. The summed E-state index contributed by atoms with van der Waals surface area (Å²) in [5.41, 5.74) is 2.12. The van der Waals surface area contributed by atoms with Gasteiger partial charge in [0.25, 0.3) is 0 Å². The first-order valence-electron chi connectivity index (χ1n) is 10.0. The van der Waals surface area contributed by atoms with Gasteiger partial charge in [-0.2, -0.15) is 0 Å². The van der Waals surface area contributed by atoms with Crippen molar-refractivity contribution in [1.29, 1.82) is 0 Å². The second-order valence-corrected chi connectivity index (χ2v) is 7.92. The van der Waals surface area contributed by atoms with Gasteiger partial charge in [-0.05, 0) is 65.3 Å². The Morgan fingerprint density at radius 1 is 0.824 bits per heavy atom. The van der Waals surface area contributed by atoms with Gasteiger partial charge in [0.15, 0.2) is 16.2 Å². The third kappa shape index (κ3) is 4.18. The molecule has 0 aliphatic heterocycles. The number of oxazole rings is 1. The van der Waals surface area contributed by atoms with Gasteiger partial charge < -0.3 is 13.3 Å². The average Bonchev–Trinajstić information content (AvgIpc) is 3.62. The van der Waals surface area contributed by atoms with Crippen molar-refractivity contribution in [3.63, 3.8) is 0 Å². The highest BCUT2D eigenvalue weighted by Gasteiger charge is 2.31. The van der Waals surface area contributed by atoms with Crippen LogP contribution in [0.2, 0.25) is 0 Å². The molecule has 9 nitrogen and oxygen atoms in total. The minimum atomic E-state index is -0.679. The van der Waals surface area contributed by atoms with Crippen molar-refractivity contribution in [2.75, 3.05) is 4.90 Å². The zero-order chi connectivity index (χ0) is 23.7. The predicted octanol–water partition coefficient (Wildman–Crippen LogP) is 5.54. The summed E-state index contributed by atoms with van der Waals surface area (Å²) in [7, 11) is 0. The minimum absolute atomic E-state index is 0.00803. The van der Waals surface area contributed by atoms with Crippen LogP contribution in [0.5, 0.6) is 0 Å². The Labute approximate surface area is 201 Å². The topological polar surface area (TPSA) is 115 Å². The van der Waals surface area contributed by atoms with Crippen LogP contribution in [0.3, 0.4) is 0 Å². The SMILES string of the molecule is Cc1ccc(C(=O)N(C(=O)c2ccc(Br)o2)c2ccc(-c3ccc(-c4ncco4)nc3)cn2)o1. The first-order chi connectivity index (χ1) is 16.5. The number of furan rings is 2. The summed E-state index contributed by atoms with van der Waals surface area (Å²) in [5, 5.41) is 0. The molecular formula is C24H15BrN4O5. The number of hydrogen-bond acceptors (Lipinski definition) is 8. The zero-order valence-electron chi connectivity index (χ0n) is 17.6. The molecule has 5 heterocycles. The number of hydrogen-bond donors (Lipinski definition) is 0. The van der Waals surface area contributed by atoms with Gasteiger partial charge in [-0.15, -0.1) is 0 Å². The summed E-state index contributed by atoms with van der Waals surface area (Å²) in [6.07, 6.45) is 6.24. The number of anilines is 1. The Balaban J connectivity index is 1.46. The van der Waals surface area contributed by atoms with Crippen LogP contribution in [0.1, 0.15) is 26.9 Å². The van der Waals surface area contributed by atoms with E-state index in [1.807, 2.05) is 6.07 Å². The molecule has 0 saturated heterocycles. The molecule has 10 heteroatoms. The Hall–Kier alpha value is -4.31. The Morgan fingerprint density at radius 2 is 1.53 bits per heavy atom. The van der Waals surface area contributed by atoms with Gasteiger partial charge >= 0.3 is 11.8 Å². The van der Waals surface area contributed by atoms with E-state index in [1.54, 1.807) is 55.8 Å². The van der Waals surface area contributed by atoms with Crippen LogP contribution in [0, 0.1) is 6.92 Å². The normalized spacial score (nSPS) is 10.9. The molecule has 5 rings (SSSR count). The molecule has 0 unspecified atom stereocenters. The molecular weight excluding hydrogens is 504 g/mol. The highest BCUT2D eigenvalue weighted by atomic mass is 79.9. The summed E-state index contributed by atoms with van der Waals surface area (Å²) in [6.45, 7) is 1.71. The lowest BCUT2D eigenvalue weighted by Gasteiger charge is -2.18. The summed E-state index contributed by atoms with van der Waals surface area (Å²) in [5.74, 6) is -0.283. The molecule has 0 aromatic carbocycles. The molecule has 0 aliphatic carbocycles. The smallest absolute Gasteiger partial charge is 0.302 e. The number of carbonyl (C=O) groups excluding carboxylic acids is 2. The number of rotatable bonds is 5. The summed E-state index contributed by atoms with van der Waals surface area (Å²) < 4.78 is 16.4. The highest BCUT2D eigenvalue weighted by molar-refractivity contribution is 9.10. The van der Waals surface area contributed by atoms with Crippen LogP contribution in [0.25, 0.3) is 22.7 Å². The van der Waals surface area contributed by atoms with E-state index < -0.39 is 11.8 Å². The number of nitrogens with zero attached hydrogens (tertiary/aromatic N) is 4. The van der Waals surface area contributed by atoms with Crippen LogP contribution in [-0.4, -0.2) is 26.8 Å². The third-order valence-corrected chi connectivity index (χ3v) is 5.29. The van der Waals surface area contributed by atoms with Gasteiger partial charge in [-0.1, -0.05) is 6.07 Å². The van der Waals surface area contributed by atoms with Crippen molar-refractivity contribution in [1.82, 2.24) is 15.0 Å². The van der Waals surface area contributed by atoms with Crippen molar-refractivity contribution in [3.05, 3.63) is 95.3 Å². The van der Waals surface area contributed by atoms with Crippen LogP contribution in [-0.2, 0) is 0 Å². The van der Waals surface area contributed by atoms with Crippen molar-refractivity contribution in [3.8, 4) is 22.7 Å². The number of amides is 2. The number of aryl methyl sites for hydroxylation is 1. The summed E-state index contributed by atoms with van der Waals surface area (Å²) >= 11 is 3.17. The van der Waals surface area contributed by atoms with Crippen LogP contribution < -0.4 is 4.90 Å². The first-order valence-corrected chi connectivity index (χ1v) is 10.8. The molecule has 0 spiro atoms. The van der Waals surface area contributed by atoms with Crippen LogP contribution >= 0.6 is 15.9 Å². The van der Waals surface area contributed by atoms with E-state index in [9.17, 15) is 9.59 Å². The molecule has 0 fully saturated rings. The van der Waals surface area contributed by atoms with Gasteiger partial charge in [0.2, 0.25) is 5.89 Å². The molecule has 34 heavy (non-hydrogen) atoms. The Bertz CT molecular complexity index is 1400. The quantitative estimate of drug-likeness (QED) is 0.278. The third-order valence-electron chi connectivity index (χ3n) is 4.87. The minimum Gasteiger partial charge on any atom is -0.456 e. The van der Waals surface area contributed by atoms with Crippen molar-refractivity contribution < 1.29 is 22.8 Å². The lowest BCUT2D eigenvalue weighted by Crippen LogP contribution is -2.37. The molecule has 5 aromatic heterocycles. The molecule has 5 aromatic rings. The number of aromatic nitrogens is 3. The van der Waals surface area contributed by atoms with E-state index in [-0.39, 0.29) is 17.3 Å². The maximum atomic E-state index is 13.2. The first kappa shape index (κ1) is 21.5. The van der Waals surface area contributed by atoms with Crippen LogP contribution in [0.15, 0.2) is 91.3 Å². The van der Waals surface area contributed by atoms with E-state index in [1.165, 1.54) is 18.4 Å². The monoisotopic (exact) mass is 518 g/mol. The molecule has 0 radical (unpaired) electrons. The van der Waals surface area contributed by atoms with E-state index >= 15 is 0 Å². The van der Waals surface area contributed by atoms with Gasteiger partial charge in [0.05, 0.1) is 6.20 Å². The fourth-order valence-electron chi connectivity index (χ4n) is 3.23. The molecule has 2 amide bonds. The lowest BCUT2D eigenvalue weighted by atomic mass is 10.1. The molecule has 0 N–H and O–H groups in total. The van der Waals surface area contributed by atoms with Gasteiger partial charge in [-0.3, -0.25) is 14.6 Å². The maximum absolute atomic E-state index is 13.2. The van der Waals surface area contributed by atoms with E-state index in [4.69, 9.17) is 13.3 Å². The lowest BCUT2D eigenvalue weighted by molar-refractivity contribution is 0.0864. The molecule has 0 aliphatic rings. The molecule has 168 valence electrons. The van der Waals surface area contributed by atoms with Gasteiger partial charge in [0, 0.05) is 23.5 Å². The van der Waals surface area contributed by atoms with E-state index in [2.05, 4.69) is 30.9 Å². The maximum Gasteiger partial charge on any atom is 0.302 e. The standard InChI is InChI=1S/C24H15BrN4O5/c1-14-2-6-18(33-14)23(30)29(24(31)19-7-8-20(25)34-19)21-9-4-16(13-28-21)15-3-5-17(27-12-15)22-26-10-11-32-22/h2-13H,1H3. The largest absolute Gasteiger partial charge is 0.456 e. The highest BCUT2D eigenvalue weighted by Crippen LogP contribution is 2.26. The second kappa shape index (κ2) is 8.91. The molecule has 0 saturated carbocycles. The molecule has 0 atom stereocenters.